The minimum absolute atomic E-state index is 0.0157. The van der Waals surface area contributed by atoms with Gasteiger partial charge in [-0.3, -0.25) is 4.79 Å². The zero-order chi connectivity index (χ0) is 15.1. The summed E-state index contributed by atoms with van der Waals surface area (Å²) in [5.74, 6) is -0.652. The van der Waals surface area contributed by atoms with E-state index >= 15 is 0 Å². The van der Waals surface area contributed by atoms with Gasteiger partial charge in [0.1, 0.15) is 5.92 Å². The molecule has 0 saturated heterocycles. The van der Waals surface area contributed by atoms with E-state index in [1.807, 2.05) is 44.2 Å². The van der Waals surface area contributed by atoms with Gasteiger partial charge in [-0.15, -0.1) is 0 Å². The van der Waals surface area contributed by atoms with E-state index in [1.54, 1.807) is 12.0 Å². The summed E-state index contributed by atoms with van der Waals surface area (Å²) in [6, 6.07) is 9.38. The molecule has 0 fully saturated rings. The van der Waals surface area contributed by atoms with Crippen LogP contribution in [0.1, 0.15) is 25.3 Å². The third-order valence-electron chi connectivity index (χ3n) is 3.23. The van der Waals surface area contributed by atoms with Crippen LogP contribution < -0.4 is 5.73 Å². The number of carbonyl (C=O) groups is 1. The van der Waals surface area contributed by atoms with Gasteiger partial charge >= 0.3 is 0 Å². The number of rotatable bonds is 7. The number of hydrogen-bond acceptors (Lipinski definition) is 3. The number of hydrogen-bond donors (Lipinski definition) is 1. The lowest BCUT2D eigenvalue weighted by Crippen LogP contribution is -2.46. The molecule has 5 heteroatoms. The lowest BCUT2D eigenvalue weighted by atomic mass is 9.97. The highest BCUT2D eigenvalue weighted by Crippen LogP contribution is 2.20. The summed E-state index contributed by atoms with van der Waals surface area (Å²) in [4.78, 5) is 14.7. The SMILES string of the molecule is CCN(C(=O)C(C(N)=S)c1ccccc1)C(C)COC. The van der Waals surface area contributed by atoms with E-state index < -0.39 is 5.92 Å². The smallest absolute Gasteiger partial charge is 0.237 e. The molecule has 0 saturated carbocycles. The number of benzene rings is 1. The Balaban J connectivity index is 3.02. The predicted octanol–water partition coefficient (Wildman–Crippen LogP) is 1.94. The molecule has 1 aromatic rings. The molecular weight excluding hydrogens is 272 g/mol. The van der Waals surface area contributed by atoms with E-state index in [0.29, 0.717) is 13.2 Å². The normalized spacial score (nSPS) is 13.6. The molecule has 2 atom stereocenters. The maximum atomic E-state index is 12.7. The second-order valence-electron chi connectivity index (χ2n) is 4.67. The van der Waals surface area contributed by atoms with Crippen molar-refractivity contribution in [3.63, 3.8) is 0 Å². The van der Waals surface area contributed by atoms with Crippen molar-refractivity contribution in [2.75, 3.05) is 20.3 Å². The van der Waals surface area contributed by atoms with Gasteiger partial charge in [0.25, 0.3) is 0 Å². The number of carbonyl (C=O) groups excluding carboxylic acids is 1. The van der Waals surface area contributed by atoms with Gasteiger partial charge in [0.05, 0.1) is 17.6 Å². The number of ether oxygens (including phenoxy) is 1. The molecule has 0 bridgehead atoms. The van der Waals surface area contributed by atoms with Crippen molar-refractivity contribution in [3.05, 3.63) is 35.9 Å². The van der Waals surface area contributed by atoms with Crippen molar-refractivity contribution >= 4 is 23.1 Å². The van der Waals surface area contributed by atoms with Crippen molar-refractivity contribution in [2.45, 2.75) is 25.8 Å². The Labute approximate surface area is 125 Å². The number of nitrogens with zero attached hydrogens (tertiary/aromatic N) is 1. The van der Waals surface area contributed by atoms with Gasteiger partial charge in [-0.2, -0.15) is 0 Å². The molecule has 0 aromatic heterocycles. The molecular formula is C15H22N2O2S. The van der Waals surface area contributed by atoms with E-state index in [9.17, 15) is 4.79 Å². The summed E-state index contributed by atoms with van der Waals surface area (Å²) >= 11 is 5.09. The average molecular weight is 294 g/mol. The molecule has 1 rings (SSSR count). The molecule has 2 unspecified atom stereocenters. The topological polar surface area (TPSA) is 55.6 Å². The molecule has 0 heterocycles. The number of amides is 1. The summed E-state index contributed by atoms with van der Waals surface area (Å²) in [5.41, 5.74) is 6.62. The minimum Gasteiger partial charge on any atom is -0.392 e. The lowest BCUT2D eigenvalue weighted by Gasteiger charge is -2.31. The third kappa shape index (κ3) is 4.02. The van der Waals surface area contributed by atoms with Crippen LogP contribution in [0.4, 0.5) is 0 Å². The average Bonchev–Trinajstić information content (AvgIpc) is 2.40. The zero-order valence-corrected chi connectivity index (χ0v) is 13.0. The Morgan fingerprint density at radius 2 is 2.00 bits per heavy atom. The van der Waals surface area contributed by atoms with Crippen LogP contribution >= 0.6 is 12.2 Å². The second-order valence-corrected chi connectivity index (χ2v) is 5.15. The molecule has 0 aliphatic carbocycles. The third-order valence-corrected chi connectivity index (χ3v) is 3.46. The summed E-state index contributed by atoms with van der Waals surface area (Å²) in [6.45, 7) is 4.96. The van der Waals surface area contributed by atoms with Crippen LogP contribution in [-0.4, -0.2) is 42.1 Å². The lowest BCUT2D eigenvalue weighted by molar-refractivity contribution is -0.134. The largest absolute Gasteiger partial charge is 0.392 e. The van der Waals surface area contributed by atoms with Crippen LogP contribution in [0.3, 0.4) is 0 Å². The maximum absolute atomic E-state index is 12.7. The highest BCUT2D eigenvalue weighted by molar-refractivity contribution is 7.80. The van der Waals surface area contributed by atoms with Crippen LogP contribution in [0, 0.1) is 0 Å². The second kappa shape index (κ2) is 7.97. The molecule has 0 radical (unpaired) electrons. The Morgan fingerprint density at radius 3 is 2.45 bits per heavy atom. The van der Waals surface area contributed by atoms with Gasteiger partial charge in [-0.1, -0.05) is 42.5 Å². The Hall–Kier alpha value is -1.46. The van der Waals surface area contributed by atoms with Crippen LogP contribution in [-0.2, 0) is 9.53 Å². The first-order valence-corrected chi connectivity index (χ1v) is 7.07. The van der Waals surface area contributed by atoms with E-state index in [1.165, 1.54) is 0 Å². The van der Waals surface area contributed by atoms with Crippen molar-refractivity contribution in [1.82, 2.24) is 4.90 Å². The van der Waals surface area contributed by atoms with Crippen molar-refractivity contribution in [3.8, 4) is 0 Å². The first-order valence-electron chi connectivity index (χ1n) is 6.66. The molecule has 1 aromatic carbocycles. The zero-order valence-electron chi connectivity index (χ0n) is 12.2. The first-order chi connectivity index (χ1) is 9.52. The molecule has 2 N–H and O–H groups in total. The summed E-state index contributed by atoms with van der Waals surface area (Å²) in [7, 11) is 1.62. The molecule has 0 aliphatic rings. The van der Waals surface area contributed by atoms with Crippen molar-refractivity contribution < 1.29 is 9.53 Å². The van der Waals surface area contributed by atoms with Gasteiger partial charge in [-0.25, -0.2) is 0 Å². The van der Waals surface area contributed by atoms with Crippen LogP contribution in [0.2, 0.25) is 0 Å². The number of nitrogens with two attached hydrogens (primary N) is 1. The van der Waals surface area contributed by atoms with Crippen LogP contribution in [0.5, 0.6) is 0 Å². The fourth-order valence-corrected chi connectivity index (χ4v) is 2.49. The van der Waals surface area contributed by atoms with Gasteiger partial charge in [0.15, 0.2) is 0 Å². The van der Waals surface area contributed by atoms with Gasteiger partial charge in [0, 0.05) is 13.7 Å². The van der Waals surface area contributed by atoms with Crippen molar-refractivity contribution in [1.29, 1.82) is 0 Å². The Bertz CT molecular complexity index is 450. The van der Waals surface area contributed by atoms with Crippen LogP contribution in [0.25, 0.3) is 0 Å². The summed E-state index contributed by atoms with van der Waals surface area (Å²) in [6.07, 6.45) is 0. The summed E-state index contributed by atoms with van der Waals surface area (Å²) in [5, 5.41) is 0. The van der Waals surface area contributed by atoms with E-state index in [2.05, 4.69) is 0 Å². The van der Waals surface area contributed by atoms with Gasteiger partial charge in [0.2, 0.25) is 5.91 Å². The summed E-state index contributed by atoms with van der Waals surface area (Å²) < 4.78 is 5.12. The monoisotopic (exact) mass is 294 g/mol. The number of thiocarbonyl (C=S) groups is 1. The minimum atomic E-state index is -0.578. The number of methoxy groups -OCH3 is 1. The standard InChI is InChI=1S/C15H22N2O2S/c1-4-17(11(2)10-19-3)15(18)13(14(16)20)12-8-6-5-7-9-12/h5-9,11,13H,4,10H2,1-3H3,(H2,16,20). The Morgan fingerprint density at radius 1 is 1.40 bits per heavy atom. The van der Waals surface area contributed by atoms with E-state index in [-0.39, 0.29) is 16.9 Å². The fourth-order valence-electron chi connectivity index (χ4n) is 2.26. The van der Waals surface area contributed by atoms with Crippen LogP contribution in [0.15, 0.2) is 30.3 Å². The maximum Gasteiger partial charge on any atom is 0.237 e. The van der Waals surface area contributed by atoms with Crippen molar-refractivity contribution in [2.24, 2.45) is 5.73 Å². The molecule has 4 nitrogen and oxygen atoms in total. The Kier molecular flexibility index (Phi) is 6.61. The molecule has 0 aliphatic heterocycles. The fraction of sp³-hybridized carbons (Fsp3) is 0.467. The molecule has 1 amide bonds. The molecule has 110 valence electrons. The molecule has 20 heavy (non-hydrogen) atoms. The van der Waals surface area contributed by atoms with Gasteiger partial charge in [-0.05, 0) is 19.4 Å². The highest BCUT2D eigenvalue weighted by atomic mass is 32.1. The van der Waals surface area contributed by atoms with E-state index in [0.717, 1.165) is 5.56 Å². The van der Waals surface area contributed by atoms with E-state index in [4.69, 9.17) is 22.7 Å². The quantitative estimate of drug-likeness (QED) is 0.781. The predicted molar refractivity (Wildman–Crippen MR) is 84.7 cm³/mol. The molecule has 0 spiro atoms. The number of likely N-dealkylation sites (N-methyl/N-ethyl adjacent to an activating group) is 1. The first kappa shape index (κ1) is 16.6. The highest BCUT2D eigenvalue weighted by Gasteiger charge is 2.29. The van der Waals surface area contributed by atoms with Gasteiger partial charge < -0.3 is 15.4 Å².